The molecule has 0 amide bonds. The standard InChI is InChI=1S/C14H10N2O2Se2/c1-3-9-7-17-19-13(9)11(5-1)15-16-12-6-2-4-10-8-18-20-14(10)12/h1-6H,7-8H2. The Bertz CT molecular complexity index is 644. The molecule has 2 aliphatic rings. The second-order valence-corrected chi connectivity index (χ2v) is 7.82. The molecule has 4 rings (SSSR count). The molecule has 6 heteroatoms. The van der Waals surface area contributed by atoms with E-state index in [1.807, 2.05) is 24.3 Å². The molecule has 0 atom stereocenters. The van der Waals surface area contributed by atoms with Gasteiger partial charge in [0.25, 0.3) is 0 Å². The molecule has 100 valence electrons. The van der Waals surface area contributed by atoms with Crippen molar-refractivity contribution in [2.75, 3.05) is 0 Å². The molecule has 0 spiro atoms. The van der Waals surface area contributed by atoms with Crippen molar-refractivity contribution >= 4 is 50.9 Å². The van der Waals surface area contributed by atoms with Crippen molar-refractivity contribution in [3.8, 4) is 0 Å². The van der Waals surface area contributed by atoms with Crippen LogP contribution in [0.15, 0.2) is 46.6 Å². The number of azo groups is 1. The second-order valence-electron chi connectivity index (χ2n) is 4.42. The van der Waals surface area contributed by atoms with Gasteiger partial charge in [-0.2, -0.15) is 0 Å². The Kier molecular flexibility index (Phi) is 3.44. The maximum atomic E-state index is 5.53. The van der Waals surface area contributed by atoms with Crippen molar-refractivity contribution in [1.82, 2.24) is 0 Å². The van der Waals surface area contributed by atoms with Gasteiger partial charge in [-0.25, -0.2) is 0 Å². The topological polar surface area (TPSA) is 43.2 Å². The fourth-order valence-corrected chi connectivity index (χ4v) is 5.20. The summed E-state index contributed by atoms with van der Waals surface area (Å²) in [6.07, 6.45) is 0. The Morgan fingerprint density at radius 1 is 0.750 bits per heavy atom. The molecular weight excluding hydrogens is 386 g/mol. The van der Waals surface area contributed by atoms with Crippen LogP contribution in [0.3, 0.4) is 0 Å². The van der Waals surface area contributed by atoms with Gasteiger partial charge < -0.3 is 0 Å². The zero-order valence-corrected chi connectivity index (χ0v) is 13.8. The van der Waals surface area contributed by atoms with Crippen LogP contribution in [0.2, 0.25) is 0 Å². The minimum atomic E-state index is 0.0661. The van der Waals surface area contributed by atoms with Gasteiger partial charge in [-0.1, -0.05) is 0 Å². The summed E-state index contributed by atoms with van der Waals surface area (Å²) in [7, 11) is 0. The number of hydrogen-bond acceptors (Lipinski definition) is 4. The van der Waals surface area contributed by atoms with Gasteiger partial charge in [0.2, 0.25) is 0 Å². The van der Waals surface area contributed by atoms with Crippen LogP contribution >= 0.6 is 0 Å². The Labute approximate surface area is 129 Å². The fourth-order valence-electron chi connectivity index (χ4n) is 2.13. The van der Waals surface area contributed by atoms with E-state index in [4.69, 9.17) is 7.64 Å². The molecule has 0 N–H and O–H groups in total. The average Bonchev–Trinajstić information content (AvgIpc) is 3.13. The van der Waals surface area contributed by atoms with Crippen molar-refractivity contribution in [3.63, 3.8) is 0 Å². The van der Waals surface area contributed by atoms with Crippen molar-refractivity contribution < 1.29 is 7.64 Å². The van der Waals surface area contributed by atoms with Gasteiger partial charge in [-0.15, -0.1) is 0 Å². The molecule has 2 aromatic rings. The predicted octanol–water partition coefficient (Wildman–Crippen LogP) is 1.65. The molecule has 2 aromatic carbocycles. The maximum absolute atomic E-state index is 5.53. The van der Waals surface area contributed by atoms with Crippen LogP contribution in [0.1, 0.15) is 11.1 Å². The molecular formula is C14H10N2O2Se2. The Balaban J connectivity index is 1.70. The van der Waals surface area contributed by atoms with E-state index in [9.17, 15) is 0 Å². The van der Waals surface area contributed by atoms with Gasteiger partial charge in [0.15, 0.2) is 0 Å². The van der Waals surface area contributed by atoms with E-state index >= 15 is 0 Å². The molecule has 0 unspecified atom stereocenters. The number of benzene rings is 2. The van der Waals surface area contributed by atoms with E-state index in [1.165, 1.54) is 20.1 Å². The normalized spacial score (nSPS) is 16.6. The van der Waals surface area contributed by atoms with Gasteiger partial charge in [0.05, 0.1) is 0 Å². The van der Waals surface area contributed by atoms with Gasteiger partial charge in [0.1, 0.15) is 0 Å². The number of nitrogens with zero attached hydrogens (tertiary/aromatic N) is 2. The first-order valence-corrected chi connectivity index (χ1v) is 9.27. The summed E-state index contributed by atoms with van der Waals surface area (Å²) < 4.78 is 13.5. The van der Waals surface area contributed by atoms with Gasteiger partial charge in [-0.05, 0) is 0 Å². The van der Waals surface area contributed by atoms with Crippen LogP contribution in [-0.4, -0.2) is 30.6 Å². The average molecular weight is 396 g/mol. The molecule has 0 radical (unpaired) electrons. The molecule has 2 aliphatic heterocycles. The Morgan fingerprint density at radius 3 is 1.75 bits per heavy atom. The van der Waals surface area contributed by atoms with E-state index in [2.05, 4.69) is 22.4 Å². The first kappa shape index (κ1) is 12.7. The number of rotatable bonds is 2. The molecule has 0 saturated carbocycles. The summed E-state index contributed by atoms with van der Waals surface area (Å²) in [5.41, 5.74) is 4.35. The molecule has 4 nitrogen and oxygen atoms in total. The van der Waals surface area contributed by atoms with E-state index in [0.29, 0.717) is 13.2 Å². The first-order valence-electron chi connectivity index (χ1n) is 6.16. The summed E-state index contributed by atoms with van der Waals surface area (Å²) >= 11 is 0.132. The Morgan fingerprint density at radius 2 is 1.25 bits per heavy atom. The van der Waals surface area contributed by atoms with Crippen molar-refractivity contribution in [3.05, 3.63) is 47.5 Å². The van der Waals surface area contributed by atoms with Crippen LogP contribution in [-0.2, 0) is 20.9 Å². The van der Waals surface area contributed by atoms with Crippen LogP contribution in [0.5, 0.6) is 0 Å². The van der Waals surface area contributed by atoms with Gasteiger partial charge in [0, 0.05) is 0 Å². The first-order chi connectivity index (χ1) is 9.92. The SMILES string of the molecule is c1cc2c(c(N=Nc3cccc4c3[Se]OC4)c1)[Se]OC2. The van der Waals surface area contributed by atoms with Crippen LogP contribution in [0, 0.1) is 0 Å². The second kappa shape index (κ2) is 5.41. The van der Waals surface area contributed by atoms with Crippen molar-refractivity contribution in [2.45, 2.75) is 13.2 Å². The minimum absolute atomic E-state index is 0.0661. The van der Waals surface area contributed by atoms with E-state index in [0.717, 1.165) is 11.4 Å². The van der Waals surface area contributed by atoms with Crippen LogP contribution in [0.25, 0.3) is 0 Å². The molecule has 0 aliphatic carbocycles. The third-order valence-corrected chi connectivity index (χ3v) is 6.80. The van der Waals surface area contributed by atoms with E-state index in [-0.39, 0.29) is 30.6 Å². The van der Waals surface area contributed by atoms with E-state index < -0.39 is 0 Å². The van der Waals surface area contributed by atoms with Crippen molar-refractivity contribution in [2.24, 2.45) is 10.2 Å². The summed E-state index contributed by atoms with van der Waals surface area (Å²) in [5, 5.41) is 8.88. The third kappa shape index (κ3) is 2.25. The van der Waals surface area contributed by atoms with Crippen molar-refractivity contribution in [1.29, 1.82) is 0 Å². The monoisotopic (exact) mass is 398 g/mol. The predicted molar refractivity (Wildman–Crippen MR) is 77.4 cm³/mol. The third-order valence-electron chi connectivity index (χ3n) is 3.13. The molecule has 0 saturated heterocycles. The van der Waals surface area contributed by atoms with Crippen LogP contribution < -0.4 is 8.92 Å². The van der Waals surface area contributed by atoms with Gasteiger partial charge in [-0.3, -0.25) is 0 Å². The quantitative estimate of drug-likeness (QED) is 0.573. The zero-order chi connectivity index (χ0) is 13.4. The number of hydrogen-bond donors (Lipinski definition) is 0. The molecule has 0 fully saturated rings. The summed E-state index contributed by atoms with van der Waals surface area (Å²) in [6, 6.07) is 12.2. The van der Waals surface area contributed by atoms with Gasteiger partial charge >= 0.3 is 129 Å². The number of fused-ring (bicyclic) bond motifs is 2. The molecule has 2 heterocycles. The molecule has 20 heavy (non-hydrogen) atoms. The summed E-state index contributed by atoms with van der Waals surface area (Å²) in [4.78, 5) is 0. The van der Waals surface area contributed by atoms with E-state index in [1.54, 1.807) is 0 Å². The zero-order valence-electron chi connectivity index (χ0n) is 10.4. The summed E-state index contributed by atoms with van der Waals surface area (Å²) in [5.74, 6) is 0. The summed E-state index contributed by atoms with van der Waals surface area (Å²) in [6.45, 7) is 1.41. The Hall–Kier alpha value is -1.00. The molecule has 0 bridgehead atoms. The van der Waals surface area contributed by atoms with Crippen LogP contribution in [0.4, 0.5) is 11.4 Å². The fraction of sp³-hybridized carbons (Fsp3) is 0.143. The molecule has 0 aromatic heterocycles.